The molecule has 1 saturated heterocycles. The number of hydrogen-bond donors (Lipinski definition) is 1. The highest BCUT2D eigenvalue weighted by Crippen LogP contribution is 2.24. The first-order valence-corrected chi connectivity index (χ1v) is 7.92. The van der Waals surface area contributed by atoms with Gasteiger partial charge in [0.1, 0.15) is 11.5 Å². The van der Waals surface area contributed by atoms with E-state index in [0.717, 1.165) is 17.1 Å². The Bertz CT molecular complexity index is 525. The van der Waals surface area contributed by atoms with Crippen LogP contribution in [0.1, 0.15) is 19.4 Å². The van der Waals surface area contributed by atoms with Gasteiger partial charge in [-0.05, 0) is 31.9 Å². The van der Waals surface area contributed by atoms with Gasteiger partial charge in [0.05, 0.1) is 26.4 Å². The minimum absolute atomic E-state index is 0.0421. The molecule has 128 valence electrons. The minimum Gasteiger partial charge on any atom is -0.497 e. The molecular formula is C17H26N2O4. The van der Waals surface area contributed by atoms with E-state index < -0.39 is 0 Å². The van der Waals surface area contributed by atoms with Gasteiger partial charge in [0.15, 0.2) is 0 Å². The molecule has 1 N–H and O–H groups in total. The molecule has 1 fully saturated rings. The number of nitrogens with zero attached hydrogens (tertiary/aromatic N) is 1. The Kier molecular flexibility index (Phi) is 6.10. The van der Waals surface area contributed by atoms with E-state index in [2.05, 4.69) is 5.32 Å². The summed E-state index contributed by atoms with van der Waals surface area (Å²) in [6.07, 6.45) is 0.853. The maximum Gasteiger partial charge on any atom is 0.317 e. The molecule has 0 aromatic heterocycles. The molecular weight excluding hydrogens is 296 g/mol. The highest BCUT2D eigenvalue weighted by Gasteiger charge is 2.25. The Morgan fingerprint density at radius 1 is 1.26 bits per heavy atom. The standard InChI is InChI=1S/C17H26N2O4/c1-12-10-19(11-13(2)23-12)17(20)18-8-7-14-5-6-15(21-3)9-16(14)22-4/h5-6,9,12-13H,7-8,10-11H2,1-4H3,(H,18,20)/t12-,13-/m0/s1. The van der Waals surface area contributed by atoms with Crippen LogP contribution < -0.4 is 14.8 Å². The van der Waals surface area contributed by atoms with Gasteiger partial charge in [-0.2, -0.15) is 0 Å². The second-order valence-corrected chi connectivity index (χ2v) is 5.82. The lowest BCUT2D eigenvalue weighted by molar-refractivity contribution is -0.0544. The van der Waals surface area contributed by atoms with Crippen molar-refractivity contribution in [3.63, 3.8) is 0 Å². The van der Waals surface area contributed by atoms with E-state index in [9.17, 15) is 4.79 Å². The summed E-state index contributed by atoms with van der Waals surface area (Å²) < 4.78 is 16.2. The third kappa shape index (κ3) is 4.76. The van der Waals surface area contributed by atoms with Gasteiger partial charge in [-0.1, -0.05) is 6.07 Å². The van der Waals surface area contributed by atoms with Gasteiger partial charge in [-0.15, -0.1) is 0 Å². The highest BCUT2D eigenvalue weighted by atomic mass is 16.5. The third-order valence-electron chi connectivity index (χ3n) is 3.87. The van der Waals surface area contributed by atoms with Gasteiger partial charge in [0.2, 0.25) is 0 Å². The summed E-state index contributed by atoms with van der Waals surface area (Å²) in [6, 6.07) is 5.66. The molecule has 1 aromatic carbocycles. The summed E-state index contributed by atoms with van der Waals surface area (Å²) in [7, 11) is 3.26. The summed E-state index contributed by atoms with van der Waals surface area (Å²) in [4.78, 5) is 14.1. The number of ether oxygens (including phenoxy) is 3. The Balaban J connectivity index is 1.86. The number of morpholine rings is 1. The zero-order chi connectivity index (χ0) is 16.8. The van der Waals surface area contributed by atoms with Gasteiger partial charge in [0.25, 0.3) is 0 Å². The Morgan fingerprint density at radius 3 is 2.57 bits per heavy atom. The van der Waals surface area contributed by atoms with E-state index >= 15 is 0 Å². The first kappa shape index (κ1) is 17.4. The Hall–Kier alpha value is -1.95. The SMILES string of the molecule is COc1ccc(CCNC(=O)N2C[C@H](C)O[C@@H](C)C2)c(OC)c1. The summed E-state index contributed by atoms with van der Waals surface area (Å²) in [5.41, 5.74) is 1.04. The maximum atomic E-state index is 12.2. The second-order valence-electron chi connectivity index (χ2n) is 5.82. The fourth-order valence-corrected chi connectivity index (χ4v) is 2.82. The first-order chi connectivity index (χ1) is 11.0. The van der Waals surface area contributed by atoms with Crippen LogP contribution in [0.2, 0.25) is 0 Å². The van der Waals surface area contributed by atoms with E-state index in [1.165, 1.54) is 0 Å². The average molecular weight is 322 g/mol. The number of methoxy groups -OCH3 is 2. The number of carbonyl (C=O) groups is 1. The van der Waals surface area contributed by atoms with Crippen molar-refractivity contribution in [3.05, 3.63) is 23.8 Å². The van der Waals surface area contributed by atoms with E-state index in [4.69, 9.17) is 14.2 Å². The van der Waals surface area contributed by atoms with Gasteiger partial charge in [-0.25, -0.2) is 4.79 Å². The molecule has 2 amide bonds. The quantitative estimate of drug-likeness (QED) is 0.901. The molecule has 1 aliphatic heterocycles. The number of hydrogen-bond acceptors (Lipinski definition) is 4. The number of amides is 2. The van der Waals surface area contributed by atoms with Crippen LogP contribution >= 0.6 is 0 Å². The van der Waals surface area contributed by atoms with Crippen molar-refractivity contribution in [1.82, 2.24) is 10.2 Å². The zero-order valence-corrected chi connectivity index (χ0v) is 14.3. The monoisotopic (exact) mass is 322 g/mol. The molecule has 2 rings (SSSR count). The molecule has 0 spiro atoms. The number of carbonyl (C=O) groups excluding carboxylic acids is 1. The van der Waals surface area contributed by atoms with E-state index in [-0.39, 0.29) is 18.2 Å². The summed E-state index contributed by atoms with van der Waals surface area (Å²) in [6.45, 7) is 5.78. The Labute approximate surface area is 137 Å². The second kappa shape index (κ2) is 8.06. The van der Waals surface area contributed by atoms with Crippen molar-refractivity contribution in [2.75, 3.05) is 33.9 Å². The lowest BCUT2D eigenvalue weighted by Gasteiger charge is -2.35. The van der Waals surface area contributed by atoms with Crippen LogP contribution in [0, 0.1) is 0 Å². The van der Waals surface area contributed by atoms with Crippen LogP contribution in [0.3, 0.4) is 0 Å². The van der Waals surface area contributed by atoms with Crippen LogP contribution in [0.25, 0.3) is 0 Å². The molecule has 1 aromatic rings. The van der Waals surface area contributed by atoms with E-state index in [1.807, 2.05) is 36.9 Å². The van der Waals surface area contributed by atoms with Crippen LogP contribution in [0.15, 0.2) is 18.2 Å². The third-order valence-corrected chi connectivity index (χ3v) is 3.87. The molecule has 0 bridgehead atoms. The van der Waals surface area contributed by atoms with Crippen LogP contribution in [0.4, 0.5) is 4.79 Å². The van der Waals surface area contributed by atoms with E-state index in [0.29, 0.717) is 26.1 Å². The normalized spacial score (nSPS) is 21.0. The largest absolute Gasteiger partial charge is 0.497 e. The van der Waals surface area contributed by atoms with Crippen molar-refractivity contribution in [3.8, 4) is 11.5 Å². The number of urea groups is 1. The Morgan fingerprint density at radius 2 is 1.96 bits per heavy atom. The lowest BCUT2D eigenvalue weighted by atomic mass is 10.1. The smallest absolute Gasteiger partial charge is 0.317 e. The van der Waals surface area contributed by atoms with Crippen LogP contribution in [-0.4, -0.2) is 57.0 Å². The molecule has 0 unspecified atom stereocenters. The molecule has 6 heteroatoms. The summed E-state index contributed by atoms with van der Waals surface area (Å²) >= 11 is 0. The van der Waals surface area contributed by atoms with Crippen molar-refractivity contribution in [2.24, 2.45) is 0 Å². The van der Waals surface area contributed by atoms with Crippen molar-refractivity contribution < 1.29 is 19.0 Å². The number of rotatable bonds is 5. The van der Waals surface area contributed by atoms with Gasteiger partial charge in [-0.3, -0.25) is 0 Å². The van der Waals surface area contributed by atoms with Gasteiger partial charge < -0.3 is 24.4 Å². The molecule has 6 nitrogen and oxygen atoms in total. The first-order valence-electron chi connectivity index (χ1n) is 7.92. The van der Waals surface area contributed by atoms with Crippen LogP contribution in [0.5, 0.6) is 11.5 Å². The predicted octanol–water partition coefficient (Wildman–Crippen LogP) is 2.07. The fourth-order valence-electron chi connectivity index (χ4n) is 2.82. The zero-order valence-electron chi connectivity index (χ0n) is 14.3. The molecule has 0 radical (unpaired) electrons. The molecule has 0 saturated carbocycles. The lowest BCUT2D eigenvalue weighted by Crippen LogP contribution is -2.51. The molecule has 2 atom stereocenters. The molecule has 1 aliphatic rings. The van der Waals surface area contributed by atoms with Gasteiger partial charge in [0, 0.05) is 25.7 Å². The highest BCUT2D eigenvalue weighted by molar-refractivity contribution is 5.74. The fraction of sp³-hybridized carbons (Fsp3) is 0.588. The van der Waals surface area contributed by atoms with Crippen LogP contribution in [-0.2, 0) is 11.2 Å². The molecule has 0 aliphatic carbocycles. The van der Waals surface area contributed by atoms with Gasteiger partial charge >= 0.3 is 6.03 Å². The molecule has 23 heavy (non-hydrogen) atoms. The van der Waals surface area contributed by atoms with Crippen molar-refractivity contribution in [1.29, 1.82) is 0 Å². The maximum absolute atomic E-state index is 12.2. The minimum atomic E-state index is -0.0421. The van der Waals surface area contributed by atoms with Crippen molar-refractivity contribution in [2.45, 2.75) is 32.5 Å². The summed E-state index contributed by atoms with van der Waals surface area (Å²) in [5, 5.41) is 2.97. The van der Waals surface area contributed by atoms with E-state index in [1.54, 1.807) is 14.2 Å². The van der Waals surface area contributed by atoms with Crippen molar-refractivity contribution >= 4 is 6.03 Å². The summed E-state index contributed by atoms with van der Waals surface area (Å²) in [5.74, 6) is 1.53. The topological polar surface area (TPSA) is 60.0 Å². The predicted molar refractivity (Wildman–Crippen MR) is 88.2 cm³/mol. The number of benzene rings is 1. The average Bonchev–Trinajstić information content (AvgIpc) is 2.54. The number of nitrogens with one attached hydrogen (secondary N) is 1. The molecule has 1 heterocycles.